The molecule has 0 aromatic heterocycles. The third-order valence-electron chi connectivity index (χ3n) is 3.81. The fourth-order valence-electron chi connectivity index (χ4n) is 2.41. The smallest absolute Gasteiger partial charge is 0.293 e. The van der Waals surface area contributed by atoms with Crippen LogP contribution in [0, 0.1) is 10.1 Å². The number of nitrogens with one attached hydrogen (secondary N) is 2. The molecule has 0 aliphatic carbocycles. The number of rotatable bonds is 11. The fraction of sp³-hybridized carbons (Fsp3) is 0.556. The summed E-state index contributed by atoms with van der Waals surface area (Å²) in [4.78, 5) is 22.8. The minimum absolute atomic E-state index is 0.119. The normalized spacial score (nSPS) is 11.2. The number of unbranched alkanes of at least 4 members (excludes halogenated alkanes) is 4. The van der Waals surface area contributed by atoms with Crippen LogP contribution < -0.4 is 10.7 Å². The van der Waals surface area contributed by atoms with Crippen LogP contribution in [0.1, 0.15) is 69.7 Å². The van der Waals surface area contributed by atoms with E-state index in [0.29, 0.717) is 12.2 Å². The zero-order chi connectivity index (χ0) is 18.7. The molecule has 138 valence electrons. The van der Waals surface area contributed by atoms with Gasteiger partial charge in [0, 0.05) is 23.9 Å². The summed E-state index contributed by atoms with van der Waals surface area (Å²) in [7, 11) is 0. The number of benzene rings is 1. The standard InChI is InChI=1S/C18H28N4O3/c1-4-6-7-8-9-10-14(3)20-21-18(23)15-11-12-16(19-5-2)17(13-15)22(24)25/h11-13,19H,4-10H2,1-3H3,(H,21,23)/b20-14+. The molecule has 0 aliphatic heterocycles. The highest BCUT2D eigenvalue weighted by atomic mass is 16.6. The first kappa shape index (κ1) is 20.6. The second-order valence-corrected chi connectivity index (χ2v) is 5.97. The molecule has 1 amide bonds. The van der Waals surface area contributed by atoms with Crippen molar-refractivity contribution in [2.75, 3.05) is 11.9 Å². The van der Waals surface area contributed by atoms with Crippen LogP contribution in [0.3, 0.4) is 0 Å². The Morgan fingerprint density at radius 3 is 2.56 bits per heavy atom. The maximum atomic E-state index is 12.1. The molecule has 0 unspecified atom stereocenters. The third kappa shape index (κ3) is 7.32. The number of anilines is 1. The average molecular weight is 348 g/mol. The van der Waals surface area contributed by atoms with Crippen LogP contribution in [0.25, 0.3) is 0 Å². The van der Waals surface area contributed by atoms with Gasteiger partial charge in [0.15, 0.2) is 0 Å². The zero-order valence-electron chi connectivity index (χ0n) is 15.3. The van der Waals surface area contributed by atoms with Gasteiger partial charge in [-0.05, 0) is 38.8 Å². The summed E-state index contributed by atoms with van der Waals surface area (Å²) in [6.45, 7) is 6.46. The highest BCUT2D eigenvalue weighted by Crippen LogP contribution is 2.25. The average Bonchev–Trinajstić information content (AvgIpc) is 2.59. The Labute approximate surface area is 149 Å². The molecule has 0 bridgehead atoms. The number of amides is 1. The lowest BCUT2D eigenvalue weighted by Gasteiger charge is -2.07. The van der Waals surface area contributed by atoms with E-state index in [1.807, 2.05) is 13.8 Å². The van der Waals surface area contributed by atoms with Crippen molar-refractivity contribution in [3.8, 4) is 0 Å². The summed E-state index contributed by atoms with van der Waals surface area (Å²) in [5.74, 6) is -0.448. The zero-order valence-corrected chi connectivity index (χ0v) is 15.3. The lowest BCUT2D eigenvalue weighted by atomic mass is 10.1. The van der Waals surface area contributed by atoms with Gasteiger partial charge in [0.25, 0.3) is 11.6 Å². The second kappa shape index (κ2) is 11.2. The summed E-state index contributed by atoms with van der Waals surface area (Å²) in [6.07, 6.45) is 6.72. The van der Waals surface area contributed by atoms with Crippen LogP contribution in [0.2, 0.25) is 0 Å². The molecule has 1 rings (SSSR count). The molecule has 0 atom stereocenters. The van der Waals surface area contributed by atoms with Crippen molar-refractivity contribution in [3.63, 3.8) is 0 Å². The van der Waals surface area contributed by atoms with Crippen molar-refractivity contribution >= 4 is 23.0 Å². The molecular formula is C18H28N4O3. The highest BCUT2D eigenvalue weighted by molar-refractivity contribution is 5.96. The van der Waals surface area contributed by atoms with E-state index < -0.39 is 10.8 Å². The molecule has 0 radical (unpaired) electrons. The molecule has 0 heterocycles. The van der Waals surface area contributed by atoms with Crippen LogP contribution in [0.5, 0.6) is 0 Å². The predicted molar refractivity (Wildman–Crippen MR) is 101 cm³/mol. The van der Waals surface area contributed by atoms with E-state index in [2.05, 4.69) is 22.8 Å². The number of nitrogens with zero attached hydrogens (tertiary/aromatic N) is 2. The van der Waals surface area contributed by atoms with E-state index >= 15 is 0 Å². The van der Waals surface area contributed by atoms with Crippen molar-refractivity contribution in [2.45, 2.75) is 59.3 Å². The Morgan fingerprint density at radius 1 is 1.20 bits per heavy atom. The van der Waals surface area contributed by atoms with Crippen molar-refractivity contribution in [2.24, 2.45) is 5.10 Å². The van der Waals surface area contributed by atoms with Gasteiger partial charge in [0.05, 0.1) is 4.92 Å². The second-order valence-electron chi connectivity index (χ2n) is 5.97. The molecular weight excluding hydrogens is 320 g/mol. The van der Waals surface area contributed by atoms with E-state index in [0.717, 1.165) is 25.0 Å². The van der Waals surface area contributed by atoms with Crippen molar-refractivity contribution in [1.82, 2.24) is 5.43 Å². The van der Waals surface area contributed by atoms with Crippen molar-refractivity contribution in [3.05, 3.63) is 33.9 Å². The number of hydrogen-bond acceptors (Lipinski definition) is 5. The minimum atomic E-state index is -0.500. The van der Waals surface area contributed by atoms with E-state index in [9.17, 15) is 14.9 Å². The van der Waals surface area contributed by atoms with Crippen molar-refractivity contribution < 1.29 is 9.72 Å². The minimum Gasteiger partial charge on any atom is -0.380 e. The predicted octanol–water partition coefficient (Wildman–Crippen LogP) is 4.49. The number of hydrogen-bond donors (Lipinski definition) is 2. The van der Waals surface area contributed by atoms with Crippen LogP contribution in [0.4, 0.5) is 11.4 Å². The molecule has 0 spiro atoms. The molecule has 7 heteroatoms. The number of hydrazone groups is 1. The van der Waals surface area contributed by atoms with E-state index in [4.69, 9.17) is 0 Å². The van der Waals surface area contributed by atoms with Crippen molar-refractivity contribution in [1.29, 1.82) is 0 Å². The number of nitro groups is 1. The number of carbonyl (C=O) groups excluding carboxylic acids is 1. The SMILES string of the molecule is CCCCCCC/C(C)=N/NC(=O)c1ccc(NCC)c([N+](=O)[O-])c1. The van der Waals surface area contributed by atoms with Crippen LogP contribution in [-0.4, -0.2) is 23.1 Å². The topological polar surface area (TPSA) is 96.6 Å². The Bertz CT molecular complexity index is 614. The lowest BCUT2D eigenvalue weighted by Crippen LogP contribution is -2.19. The first-order valence-corrected chi connectivity index (χ1v) is 8.85. The summed E-state index contributed by atoms with van der Waals surface area (Å²) >= 11 is 0. The Balaban J connectivity index is 2.63. The van der Waals surface area contributed by atoms with Gasteiger partial charge in [0.2, 0.25) is 0 Å². The van der Waals surface area contributed by atoms with Gasteiger partial charge in [-0.25, -0.2) is 5.43 Å². The third-order valence-corrected chi connectivity index (χ3v) is 3.81. The molecule has 1 aromatic rings. The van der Waals surface area contributed by atoms with Gasteiger partial charge in [-0.1, -0.05) is 32.6 Å². The fourth-order valence-corrected chi connectivity index (χ4v) is 2.41. The van der Waals surface area contributed by atoms with Gasteiger partial charge in [-0.3, -0.25) is 14.9 Å². The van der Waals surface area contributed by atoms with Crippen LogP contribution in [-0.2, 0) is 0 Å². The molecule has 0 fully saturated rings. The number of nitro benzene ring substituents is 1. The molecule has 1 aromatic carbocycles. The molecule has 25 heavy (non-hydrogen) atoms. The van der Waals surface area contributed by atoms with Gasteiger partial charge < -0.3 is 5.32 Å². The van der Waals surface area contributed by atoms with E-state index in [1.165, 1.54) is 25.3 Å². The van der Waals surface area contributed by atoms with Gasteiger partial charge in [-0.2, -0.15) is 5.10 Å². The van der Waals surface area contributed by atoms with Gasteiger partial charge in [-0.15, -0.1) is 0 Å². The number of carbonyl (C=O) groups is 1. The molecule has 2 N–H and O–H groups in total. The lowest BCUT2D eigenvalue weighted by molar-refractivity contribution is -0.384. The Hall–Kier alpha value is -2.44. The monoisotopic (exact) mass is 348 g/mol. The summed E-state index contributed by atoms with van der Waals surface area (Å²) in [5, 5.41) is 18.1. The van der Waals surface area contributed by atoms with Crippen LogP contribution in [0.15, 0.2) is 23.3 Å². The largest absolute Gasteiger partial charge is 0.380 e. The van der Waals surface area contributed by atoms with Crippen LogP contribution >= 0.6 is 0 Å². The van der Waals surface area contributed by atoms with Gasteiger partial charge >= 0.3 is 0 Å². The Morgan fingerprint density at radius 2 is 1.92 bits per heavy atom. The first-order valence-electron chi connectivity index (χ1n) is 8.85. The molecule has 0 saturated heterocycles. The highest BCUT2D eigenvalue weighted by Gasteiger charge is 2.17. The summed E-state index contributed by atoms with van der Waals surface area (Å²) < 4.78 is 0. The summed E-state index contributed by atoms with van der Waals surface area (Å²) in [5.41, 5.74) is 3.82. The first-order chi connectivity index (χ1) is 12.0. The molecule has 0 saturated carbocycles. The maximum absolute atomic E-state index is 12.1. The maximum Gasteiger partial charge on any atom is 0.293 e. The molecule has 7 nitrogen and oxygen atoms in total. The quantitative estimate of drug-likeness (QED) is 0.266. The summed E-state index contributed by atoms with van der Waals surface area (Å²) in [6, 6.07) is 4.36. The van der Waals surface area contributed by atoms with E-state index in [1.54, 1.807) is 12.1 Å². The van der Waals surface area contributed by atoms with E-state index in [-0.39, 0.29) is 11.3 Å². The Kier molecular flexibility index (Phi) is 9.21. The molecule has 0 aliphatic rings. The van der Waals surface area contributed by atoms with Gasteiger partial charge in [0.1, 0.15) is 5.69 Å².